The monoisotopic (exact) mass is 236 g/mol. The minimum Gasteiger partial charge on any atom is -0.207 e. The largest absolute Gasteiger partial charge is 0.207 e. The first-order valence-electron chi connectivity index (χ1n) is 3.15. The van der Waals surface area contributed by atoms with Gasteiger partial charge >= 0.3 is 0 Å². The number of hydrogen-bond acceptors (Lipinski definition) is 0. The summed E-state index contributed by atoms with van der Waals surface area (Å²) in [5, 5.41) is 0.978. The molecule has 60 valence electrons. The fraction of sp³-hybridized carbons (Fsp3) is 0.250. The van der Waals surface area contributed by atoms with Crippen LogP contribution < -0.4 is 0 Å². The molecule has 0 saturated heterocycles. The van der Waals surface area contributed by atoms with Crippen LogP contribution in [0.15, 0.2) is 12.1 Å². The molecule has 0 N–H and O–H groups in total. The van der Waals surface area contributed by atoms with Crippen molar-refractivity contribution >= 4 is 27.5 Å². The second-order valence-electron chi connectivity index (χ2n) is 2.32. The SMILES string of the molecule is Cc1cc(Cl)cc(F)c1CBr. The van der Waals surface area contributed by atoms with E-state index >= 15 is 0 Å². The molecule has 0 unspecified atom stereocenters. The fourth-order valence-electron chi connectivity index (χ4n) is 0.901. The third kappa shape index (κ3) is 1.94. The maximum absolute atomic E-state index is 13.0. The lowest BCUT2D eigenvalue weighted by Gasteiger charge is -2.03. The first-order valence-corrected chi connectivity index (χ1v) is 4.65. The molecule has 11 heavy (non-hydrogen) atoms. The van der Waals surface area contributed by atoms with Gasteiger partial charge in [0.15, 0.2) is 0 Å². The van der Waals surface area contributed by atoms with Crippen molar-refractivity contribution in [1.29, 1.82) is 0 Å². The second-order valence-corrected chi connectivity index (χ2v) is 3.31. The van der Waals surface area contributed by atoms with Crippen LogP contribution in [0, 0.1) is 12.7 Å². The lowest BCUT2D eigenvalue weighted by molar-refractivity contribution is 0.616. The summed E-state index contributed by atoms with van der Waals surface area (Å²) in [6.45, 7) is 1.84. The van der Waals surface area contributed by atoms with E-state index < -0.39 is 0 Å². The van der Waals surface area contributed by atoms with Gasteiger partial charge in [-0.05, 0) is 24.6 Å². The summed E-state index contributed by atoms with van der Waals surface area (Å²) in [7, 11) is 0. The summed E-state index contributed by atoms with van der Waals surface area (Å²) >= 11 is 8.82. The maximum Gasteiger partial charge on any atom is 0.128 e. The fourth-order valence-corrected chi connectivity index (χ4v) is 1.87. The Morgan fingerprint density at radius 2 is 2.18 bits per heavy atom. The zero-order valence-corrected chi connectivity index (χ0v) is 8.34. The molecule has 0 aliphatic carbocycles. The summed E-state index contributed by atoms with van der Waals surface area (Å²) in [5.74, 6) is -0.244. The molecule has 1 rings (SSSR count). The van der Waals surface area contributed by atoms with Crippen molar-refractivity contribution in [2.75, 3.05) is 0 Å². The van der Waals surface area contributed by atoms with Crippen molar-refractivity contribution in [2.45, 2.75) is 12.3 Å². The van der Waals surface area contributed by atoms with Gasteiger partial charge in [0.25, 0.3) is 0 Å². The highest BCUT2D eigenvalue weighted by Gasteiger charge is 2.04. The van der Waals surface area contributed by atoms with E-state index in [0.29, 0.717) is 15.9 Å². The summed E-state index contributed by atoms with van der Waals surface area (Å²) in [5.41, 5.74) is 1.56. The van der Waals surface area contributed by atoms with Crippen LogP contribution in [0.3, 0.4) is 0 Å². The standard InChI is InChI=1S/C8H7BrClF/c1-5-2-6(10)3-8(11)7(5)4-9/h2-3H,4H2,1H3. The number of benzene rings is 1. The van der Waals surface area contributed by atoms with E-state index in [-0.39, 0.29) is 5.82 Å². The van der Waals surface area contributed by atoms with E-state index in [9.17, 15) is 4.39 Å². The average Bonchev–Trinajstić information content (AvgIpc) is 1.85. The Bertz CT molecular complexity index is 250. The van der Waals surface area contributed by atoms with Gasteiger partial charge in [0.2, 0.25) is 0 Å². The number of rotatable bonds is 1. The Morgan fingerprint density at radius 3 is 2.64 bits per heavy atom. The van der Waals surface area contributed by atoms with E-state index in [1.807, 2.05) is 6.92 Å². The van der Waals surface area contributed by atoms with Crippen LogP contribution in [0.1, 0.15) is 11.1 Å². The van der Waals surface area contributed by atoms with Gasteiger partial charge in [-0.1, -0.05) is 27.5 Å². The molecule has 0 nitrogen and oxygen atoms in total. The van der Waals surface area contributed by atoms with Gasteiger partial charge in [-0.25, -0.2) is 4.39 Å². The minimum atomic E-state index is -0.244. The molecule has 0 spiro atoms. The van der Waals surface area contributed by atoms with Gasteiger partial charge in [-0.2, -0.15) is 0 Å². The predicted molar refractivity (Wildman–Crippen MR) is 48.8 cm³/mol. The van der Waals surface area contributed by atoms with Crippen molar-refractivity contribution in [3.63, 3.8) is 0 Å². The molecule has 0 amide bonds. The zero-order valence-electron chi connectivity index (χ0n) is 6.00. The van der Waals surface area contributed by atoms with Gasteiger partial charge in [-0.3, -0.25) is 0 Å². The first kappa shape index (κ1) is 9.01. The van der Waals surface area contributed by atoms with Gasteiger partial charge in [0.1, 0.15) is 5.82 Å². The summed E-state index contributed by atoms with van der Waals surface area (Å²) < 4.78 is 13.0. The van der Waals surface area contributed by atoms with Gasteiger partial charge < -0.3 is 0 Å². The minimum absolute atomic E-state index is 0.244. The molecule has 1 aromatic carbocycles. The van der Waals surface area contributed by atoms with Crippen molar-refractivity contribution in [3.8, 4) is 0 Å². The maximum atomic E-state index is 13.0. The third-order valence-electron chi connectivity index (χ3n) is 1.52. The van der Waals surface area contributed by atoms with Crippen LogP contribution in [0.25, 0.3) is 0 Å². The molecular formula is C8H7BrClF. The molecule has 0 fully saturated rings. The molecular weight excluding hydrogens is 230 g/mol. The predicted octanol–water partition coefficient (Wildman–Crippen LogP) is 3.68. The molecule has 1 aromatic rings. The smallest absolute Gasteiger partial charge is 0.128 e. The molecule has 0 saturated carbocycles. The molecule has 0 atom stereocenters. The number of alkyl halides is 1. The molecule has 0 bridgehead atoms. The van der Waals surface area contributed by atoms with E-state index in [1.54, 1.807) is 6.07 Å². The average molecular weight is 237 g/mol. The Labute approximate surface area is 78.5 Å². The van der Waals surface area contributed by atoms with Crippen LogP contribution in [0.5, 0.6) is 0 Å². The van der Waals surface area contributed by atoms with Gasteiger partial charge in [0.05, 0.1) is 0 Å². The van der Waals surface area contributed by atoms with E-state index in [2.05, 4.69) is 15.9 Å². The van der Waals surface area contributed by atoms with Crippen LogP contribution in [-0.2, 0) is 5.33 Å². The van der Waals surface area contributed by atoms with Crippen molar-refractivity contribution < 1.29 is 4.39 Å². The quantitative estimate of drug-likeness (QED) is 0.654. The second kappa shape index (κ2) is 3.55. The molecule has 0 aliphatic rings. The van der Waals surface area contributed by atoms with Crippen molar-refractivity contribution in [1.82, 2.24) is 0 Å². The van der Waals surface area contributed by atoms with Gasteiger partial charge in [0, 0.05) is 15.9 Å². The summed E-state index contributed by atoms with van der Waals surface area (Å²) in [6.07, 6.45) is 0. The number of aryl methyl sites for hydroxylation is 1. The molecule has 0 aliphatic heterocycles. The highest BCUT2D eigenvalue weighted by atomic mass is 79.9. The Balaban J connectivity index is 3.25. The topological polar surface area (TPSA) is 0 Å². The molecule has 0 aromatic heterocycles. The van der Waals surface area contributed by atoms with Crippen LogP contribution in [-0.4, -0.2) is 0 Å². The molecule has 0 heterocycles. The van der Waals surface area contributed by atoms with E-state index in [1.165, 1.54) is 6.07 Å². The summed E-state index contributed by atoms with van der Waals surface area (Å²) in [6, 6.07) is 3.08. The summed E-state index contributed by atoms with van der Waals surface area (Å²) in [4.78, 5) is 0. The highest BCUT2D eigenvalue weighted by Crippen LogP contribution is 2.21. The molecule has 3 heteroatoms. The van der Waals surface area contributed by atoms with E-state index in [4.69, 9.17) is 11.6 Å². The highest BCUT2D eigenvalue weighted by molar-refractivity contribution is 9.08. The van der Waals surface area contributed by atoms with Crippen LogP contribution >= 0.6 is 27.5 Å². The normalized spacial score (nSPS) is 10.2. The lowest BCUT2D eigenvalue weighted by atomic mass is 10.1. The Hall–Kier alpha value is -0.0800. The Morgan fingerprint density at radius 1 is 1.55 bits per heavy atom. The van der Waals surface area contributed by atoms with E-state index in [0.717, 1.165) is 5.56 Å². The van der Waals surface area contributed by atoms with Crippen molar-refractivity contribution in [2.24, 2.45) is 0 Å². The number of halogens is 3. The lowest BCUT2D eigenvalue weighted by Crippen LogP contribution is -1.90. The zero-order chi connectivity index (χ0) is 8.43. The third-order valence-corrected chi connectivity index (χ3v) is 2.30. The Kier molecular flexibility index (Phi) is 2.90. The number of hydrogen-bond donors (Lipinski definition) is 0. The van der Waals surface area contributed by atoms with Crippen LogP contribution in [0.2, 0.25) is 5.02 Å². The van der Waals surface area contributed by atoms with Gasteiger partial charge in [-0.15, -0.1) is 0 Å². The first-order chi connectivity index (χ1) is 5.15. The molecule has 0 radical (unpaired) electrons. The van der Waals surface area contributed by atoms with Crippen LogP contribution in [0.4, 0.5) is 4.39 Å². The van der Waals surface area contributed by atoms with Crippen molar-refractivity contribution in [3.05, 3.63) is 34.1 Å².